The molecule has 0 aliphatic heterocycles. The molecule has 0 N–H and O–H groups in total. The summed E-state index contributed by atoms with van der Waals surface area (Å²) in [4.78, 5) is 0. The molecule has 1 atom stereocenters. The van der Waals surface area contributed by atoms with E-state index in [2.05, 4.69) is 6.07 Å². The third-order valence-corrected chi connectivity index (χ3v) is 2.89. The fraction of sp³-hybridized carbons (Fsp3) is 0.889. The van der Waals surface area contributed by atoms with Crippen molar-refractivity contribution in [3.05, 3.63) is 0 Å². The summed E-state index contributed by atoms with van der Waals surface area (Å²) in [5, 5.41) is 8.93. The first-order chi connectivity index (χ1) is 6.64. The zero-order valence-electron chi connectivity index (χ0n) is 9.37. The van der Waals surface area contributed by atoms with Gasteiger partial charge in [-0.2, -0.15) is 5.26 Å². The Morgan fingerprint density at radius 1 is 1.21 bits per heavy atom. The molecule has 0 aliphatic rings. The summed E-state index contributed by atoms with van der Waals surface area (Å²) in [5.41, 5.74) is -0.825. The van der Waals surface area contributed by atoms with E-state index < -0.39 is 11.5 Å². The van der Waals surface area contributed by atoms with Crippen molar-refractivity contribution >= 4 is 10.2 Å². The molecule has 0 bridgehead atoms. The SMILES string of the molecule is CCOC(C#N)C([SiH3])(OCC)OCC. The summed E-state index contributed by atoms with van der Waals surface area (Å²) in [5.74, 6) is 0. The Hall–Kier alpha value is -0.413. The molecule has 0 heterocycles. The first kappa shape index (κ1) is 13.6. The maximum Gasteiger partial charge on any atom is 0.192 e. The third kappa shape index (κ3) is 3.76. The highest BCUT2D eigenvalue weighted by molar-refractivity contribution is 6.14. The fourth-order valence-electron chi connectivity index (χ4n) is 1.24. The van der Waals surface area contributed by atoms with Crippen LogP contribution in [0, 0.1) is 11.3 Å². The summed E-state index contributed by atoms with van der Waals surface area (Å²) in [6, 6.07) is 2.08. The van der Waals surface area contributed by atoms with Crippen LogP contribution in [0.15, 0.2) is 0 Å². The quantitative estimate of drug-likeness (QED) is 0.445. The minimum Gasteiger partial charge on any atom is -0.358 e. The van der Waals surface area contributed by atoms with E-state index in [0.29, 0.717) is 30.1 Å². The smallest absolute Gasteiger partial charge is 0.192 e. The topological polar surface area (TPSA) is 51.5 Å². The van der Waals surface area contributed by atoms with Crippen LogP contribution in [0.1, 0.15) is 20.8 Å². The van der Waals surface area contributed by atoms with Crippen molar-refractivity contribution in [3.63, 3.8) is 0 Å². The molecule has 0 rings (SSSR count). The maximum atomic E-state index is 8.93. The standard InChI is InChI=1S/C9H19NO3Si/c1-4-11-8(7-10)9(14,12-5-2)13-6-3/h8H,4-6H2,1-3,14H3. The molecule has 0 aromatic rings. The van der Waals surface area contributed by atoms with Gasteiger partial charge in [0.25, 0.3) is 0 Å². The first-order valence-corrected chi connectivity index (χ1v) is 5.93. The molecule has 0 aromatic heterocycles. The van der Waals surface area contributed by atoms with Gasteiger partial charge in [0, 0.05) is 19.8 Å². The molecule has 0 aliphatic carbocycles. The average molecular weight is 217 g/mol. The molecule has 0 aromatic carbocycles. The van der Waals surface area contributed by atoms with Crippen molar-refractivity contribution in [2.75, 3.05) is 19.8 Å². The number of rotatable bonds is 7. The van der Waals surface area contributed by atoms with Crippen LogP contribution < -0.4 is 0 Å². The Labute approximate surface area is 88.6 Å². The van der Waals surface area contributed by atoms with Crippen LogP contribution in [0.4, 0.5) is 0 Å². The zero-order valence-corrected chi connectivity index (χ0v) is 11.4. The maximum absolute atomic E-state index is 8.93. The van der Waals surface area contributed by atoms with Gasteiger partial charge in [0.15, 0.2) is 11.5 Å². The van der Waals surface area contributed by atoms with Crippen molar-refractivity contribution in [1.29, 1.82) is 5.26 Å². The molecule has 5 heteroatoms. The van der Waals surface area contributed by atoms with Crippen LogP contribution in [0.2, 0.25) is 0 Å². The number of nitrogens with zero attached hydrogens (tertiary/aromatic N) is 1. The van der Waals surface area contributed by atoms with Gasteiger partial charge >= 0.3 is 0 Å². The van der Waals surface area contributed by atoms with Gasteiger partial charge in [0.05, 0.1) is 16.3 Å². The molecule has 0 fully saturated rings. The highest BCUT2D eigenvalue weighted by Crippen LogP contribution is 2.16. The number of hydrogen-bond donors (Lipinski definition) is 0. The molecule has 0 saturated carbocycles. The van der Waals surface area contributed by atoms with Gasteiger partial charge in [-0.25, -0.2) is 0 Å². The van der Waals surface area contributed by atoms with Crippen molar-refractivity contribution in [1.82, 2.24) is 0 Å². The molecular formula is C9H19NO3Si. The molecule has 0 spiro atoms. The molecule has 4 nitrogen and oxygen atoms in total. The van der Waals surface area contributed by atoms with Crippen LogP contribution in [-0.4, -0.2) is 41.6 Å². The van der Waals surface area contributed by atoms with Crippen molar-refractivity contribution in [2.24, 2.45) is 0 Å². The Morgan fingerprint density at radius 2 is 1.71 bits per heavy atom. The predicted molar refractivity (Wildman–Crippen MR) is 56.9 cm³/mol. The Balaban J connectivity index is 4.50. The lowest BCUT2D eigenvalue weighted by Gasteiger charge is -2.33. The van der Waals surface area contributed by atoms with E-state index in [1.54, 1.807) is 0 Å². The summed E-state index contributed by atoms with van der Waals surface area (Å²) in [7, 11) is 0.603. The highest BCUT2D eigenvalue weighted by atomic mass is 28.1. The van der Waals surface area contributed by atoms with Crippen molar-refractivity contribution in [3.8, 4) is 6.07 Å². The van der Waals surface area contributed by atoms with E-state index in [9.17, 15) is 0 Å². The van der Waals surface area contributed by atoms with E-state index in [4.69, 9.17) is 19.5 Å². The zero-order chi connectivity index (χ0) is 11.0. The number of ether oxygens (including phenoxy) is 3. The van der Waals surface area contributed by atoms with Crippen molar-refractivity contribution in [2.45, 2.75) is 32.3 Å². The van der Waals surface area contributed by atoms with Gasteiger partial charge < -0.3 is 14.2 Å². The molecular weight excluding hydrogens is 198 g/mol. The van der Waals surface area contributed by atoms with Gasteiger partial charge in [-0.3, -0.25) is 0 Å². The van der Waals surface area contributed by atoms with Crippen LogP contribution >= 0.6 is 0 Å². The molecule has 0 radical (unpaired) electrons. The number of hydrogen-bond acceptors (Lipinski definition) is 4. The van der Waals surface area contributed by atoms with E-state index in [-0.39, 0.29) is 0 Å². The van der Waals surface area contributed by atoms with E-state index >= 15 is 0 Å². The van der Waals surface area contributed by atoms with Crippen molar-refractivity contribution < 1.29 is 14.2 Å². The van der Waals surface area contributed by atoms with Crippen LogP contribution in [0.25, 0.3) is 0 Å². The Bertz CT molecular complexity index is 187. The largest absolute Gasteiger partial charge is 0.358 e. The predicted octanol–water partition coefficient (Wildman–Crippen LogP) is 0.00728. The summed E-state index contributed by atoms with van der Waals surface area (Å²) in [6.45, 7) is 7.15. The third-order valence-electron chi connectivity index (χ3n) is 1.79. The molecule has 82 valence electrons. The fourth-order valence-corrected chi connectivity index (χ4v) is 2.11. The highest BCUT2D eigenvalue weighted by Gasteiger charge is 2.36. The second-order valence-corrected chi connectivity index (χ2v) is 4.24. The minimum atomic E-state index is -0.825. The normalized spacial score (nSPS) is 13.9. The van der Waals surface area contributed by atoms with E-state index in [0.717, 1.165) is 0 Å². The first-order valence-electron chi connectivity index (χ1n) is 4.93. The lowest BCUT2D eigenvalue weighted by molar-refractivity contribution is -0.221. The second kappa shape index (κ2) is 6.96. The van der Waals surface area contributed by atoms with Crippen LogP contribution in [-0.2, 0) is 14.2 Å². The van der Waals surface area contributed by atoms with E-state index in [1.165, 1.54) is 0 Å². The Morgan fingerprint density at radius 3 is 2.00 bits per heavy atom. The van der Waals surface area contributed by atoms with Gasteiger partial charge in [0.2, 0.25) is 0 Å². The summed E-state index contributed by atoms with van der Waals surface area (Å²) in [6.07, 6.45) is -0.626. The van der Waals surface area contributed by atoms with Gasteiger partial charge in [-0.05, 0) is 20.8 Å². The minimum absolute atomic E-state index is 0.488. The number of nitriles is 1. The molecule has 1 unspecified atom stereocenters. The molecule has 14 heavy (non-hydrogen) atoms. The molecule has 0 amide bonds. The van der Waals surface area contributed by atoms with Gasteiger partial charge in [-0.1, -0.05) is 0 Å². The molecule has 0 saturated heterocycles. The van der Waals surface area contributed by atoms with Gasteiger partial charge in [-0.15, -0.1) is 0 Å². The van der Waals surface area contributed by atoms with Gasteiger partial charge in [0.1, 0.15) is 0 Å². The summed E-state index contributed by atoms with van der Waals surface area (Å²) < 4.78 is 16.2. The van der Waals surface area contributed by atoms with Crippen LogP contribution in [0.3, 0.4) is 0 Å². The summed E-state index contributed by atoms with van der Waals surface area (Å²) >= 11 is 0. The lowest BCUT2D eigenvalue weighted by Crippen LogP contribution is -2.49. The Kier molecular flexibility index (Phi) is 6.75. The average Bonchev–Trinajstić information content (AvgIpc) is 2.14. The van der Waals surface area contributed by atoms with E-state index in [1.807, 2.05) is 20.8 Å². The van der Waals surface area contributed by atoms with Crippen LogP contribution in [0.5, 0.6) is 0 Å². The second-order valence-electron chi connectivity index (χ2n) is 2.85. The lowest BCUT2D eigenvalue weighted by atomic mass is 10.3. The monoisotopic (exact) mass is 217 g/mol.